The van der Waals surface area contributed by atoms with Crippen molar-refractivity contribution in [2.45, 2.75) is 187 Å². The molecule has 2 unspecified atom stereocenters. The number of nitrogens with zero attached hydrogens (tertiary/aromatic N) is 5. The van der Waals surface area contributed by atoms with Crippen molar-refractivity contribution in [2.75, 3.05) is 40.8 Å². The van der Waals surface area contributed by atoms with Crippen LogP contribution in [0.4, 0.5) is 0 Å². The van der Waals surface area contributed by atoms with E-state index in [1.807, 2.05) is 6.92 Å². The zero-order chi connectivity index (χ0) is 61.9. The number of likely N-dealkylation sites (N-methyl/N-ethyl adjacent to an activating group) is 3. The standard InChI is InChI=1S/C57H89N9O16/c1-12-34(7)46(55(79)66-28-18-17-22-40(66)51(75)60-45(32(3)4)54(78)63(10)41(57(81)82)25-27-44(70)71)61-50(74)38(24-26-43(68)69)62(9)56(80)47(33(5)6)64(11)42(67)31-58-49(73)39-23-19-29-65(39)53(77)37(30-36-20-15-14-16-21-36)59-52(76)48(72)35(8)13-2/h14-16,20-21,32-35,37-41,45-48,72H,12-13,17-19,22-31H2,1-11H3,(H,58,73)(H,59,76)(H,60,75)(H,61,74)(H,68,69)(H,70,71)(H,81,82)/t34-,35?,37-,38-,39-,40-,41-,45-,46-,47-,48?/m0/s1. The summed E-state index contributed by atoms with van der Waals surface area (Å²) in [6.45, 7) is 13.2. The number of nitrogens with one attached hydrogen (secondary N) is 4. The molecule has 0 bridgehead atoms. The number of aliphatic hydroxyl groups is 1. The molecular weight excluding hydrogens is 1070 g/mol. The molecule has 3 rings (SSSR count). The van der Waals surface area contributed by atoms with Gasteiger partial charge in [-0.3, -0.25) is 52.7 Å². The maximum Gasteiger partial charge on any atom is 0.326 e. The predicted octanol–water partition coefficient (Wildman–Crippen LogP) is 1.23. The summed E-state index contributed by atoms with van der Waals surface area (Å²) in [6.07, 6.45) is -0.555. The predicted molar refractivity (Wildman–Crippen MR) is 299 cm³/mol. The number of piperidine rings is 1. The van der Waals surface area contributed by atoms with Crippen molar-refractivity contribution in [3.63, 3.8) is 0 Å². The molecule has 2 heterocycles. The molecule has 2 aliphatic rings. The van der Waals surface area contributed by atoms with Gasteiger partial charge in [0.15, 0.2) is 0 Å². The van der Waals surface area contributed by atoms with E-state index in [0.717, 1.165) is 20.3 Å². The van der Waals surface area contributed by atoms with Gasteiger partial charge in [-0.2, -0.15) is 0 Å². The van der Waals surface area contributed by atoms with Crippen LogP contribution in [0.5, 0.6) is 0 Å². The van der Waals surface area contributed by atoms with Crippen molar-refractivity contribution in [3.05, 3.63) is 35.9 Å². The highest BCUT2D eigenvalue weighted by atomic mass is 16.4. The maximum absolute atomic E-state index is 14.7. The van der Waals surface area contributed by atoms with Crippen LogP contribution in [0.1, 0.15) is 132 Å². The van der Waals surface area contributed by atoms with Gasteiger partial charge in [-0.05, 0) is 74.2 Å². The second kappa shape index (κ2) is 32.5. The summed E-state index contributed by atoms with van der Waals surface area (Å²) in [4.78, 5) is 168. The van der Waals surface area contributed by atoms with Gasteiger partial charge in [0.25, 0.3) is 0 Å². The Hall–Kier alpha value is -7.18. The number of carboxylic acid groups (broad SMARTS) is 3. The molecule has 0 spiro atoms. The van der Waals surface area contributed by atoms with Crippen molar-refractivity contribution in [3.8, 4) is 0 Å². The molecule has 0 aromatic heterocycles. The van der Waals surface area contributed by atoms with Crippen molar-refractivity contribution in [1.82, 2.24) is 45.8 Å². The van der Waals surface area contributed by atoms with Crippen molar-refractivity contribution < 1.29 is 78.0 Å². The zero-order valence-corrected chi connectivity index (χ0v) is 49.4. The molecule has 25 heteroatoms. The average molecular weight is 1160 g/mol. The average Bonchev–Trinajstić information content (AvgIpc) is 3.95. The largest absolute Gasteiger partial charge is 0.481 e. The number of carbonyl (C=O) groups is 12. The van der Waals surface area contributed by atoms with E-state index in [1.165, 1.54) is 30.9 Å². The molecular formula is C57H89N9O16. The Kier molecular flexibility index (Phi) is 27.3. The summed E-state index contributed by atoms with van der Waals surface area (Å²) in [7, 11) is 3.81. The fraction of sp³-hybridized carbons (Fsp3) is 0.684. The Morgan fingerprint density at radius 1 is 0.598 bits per heavy atom. The number of benzene rings is 1. The molecule has 8 N–H and O–H groups in total. The number of carboxylic acids is 3. The number of amides is 9. The molecule has 2 fully saturated rings. The highest BCUT2D eigenvalue weighted by molar-refractivity contribution is 5.98. The highest BCUT2D eigenvalue weighted by Crippen LogP contribution is 2.25. The van der Waals surface area contributed by atoms with Crippen LogP contribution in [-0.2, 0) is 64.0 Å². The van der Waals surface area contributed by atoms with Crippen LogP contribution in [-0.4, -0.2) is 211 Å². The van der Waals surface area contributed by atoms with Crippen LogP contribution in [0.15, 0.2) is 30.3 Å². The summed E-state index contributed by atoms with van der Waals surface area (Å²) in [5, 5.41) is 50.2. The number of hydrogen-bond donors (Lipinski definition) is 8. The smallest absolute Gasteiger partial charge is 0.326 e. The number of rotatable bonds is 31. The van der Waals surface area contributed by atoms with E-state index in [-0.39, 0.29) is 32.4 Å². The van der Waals surface area contributed by atoms with Crippen molar-refractivity contribution >= 4 is 71.1 Å². The highest BCUT2D eigenvalue weighted by Gasteiger charge is 2.44. The van der Waals surface area contributed by atoms with E-state index in [4.69, 9.17) is 0 Å². The SMILES string of the molecule is CCC(C)C(O)C(=O)N[C@@H](Cc1ccccc1)C(=O)N1CCC[C@H]1C(=O)NCC(=O)N(C)[C@H](C(=O)N(C)[C@@H](CCC(=O)O)C(=O)N[C@H](C(=O)N1CCCC[C@H]1C(=O)N[C@H](C(=O)N(C)[C@@H](CCC(=O)O)C(=O)O)C(C)C)[C@@H](C)CC)C(C)C. The molecule has 0 radical (unpaired) electrons. The van der Waals surface area contributed by atoms with E-state index in [2.05, 4.69) is 21.3 Å². The van der Waals surface area contributed by atoms with Gasteiger partial charge in [0, 0.05) is 53.5 Å². The van der Waals surface area contributed by atoms with E-state index in [0.29, 0.717) is 32.1 Å². The van der Waals surface area contributed by atoms with Crippen LogP contribution < -0.4 is 21.3 Å². The van der Waals surface area contributed by atoms with Gasteiger partial charge >= 0.3 is 17.9 Å². The third-order valence-electron chi connectivity index (χ3n) is 15.9. The normalized spacial score (nSPS) is 18.5. The number of likely N-dealkylation sites (tertiary alicyclic amines) is 2. The molecule has 1 aromatic carbocycles. The molecule has 0 aliphatic carbocycles. The number of aliphatic carboxylic acids is 3. The lowest BCUT2D eigenvalue weighted by Gasteiger charge is -2.40. The summed E-state index contributed by atoms with van der Waals surface area (Å²) in [6, 6.07) is -1.24. The van der Waals surface area contributed by atoms with Gasteiger partial charge in [0.2, 0.25) is 53.2 Å². The summed E-state index contributed by atoms with van der Waals surface area (Å²) in [5.74, 6) is -12.6. The van der Waals surface area contributed by atoms with Crippen LogP contribution in [0.25, 0.3) is 0 Å². The lowest BCUT2D eigenvalue weighted by Crippen LogP contribution is -2.63. The van der Waals surface area contributed by atoms with Crippen molar-refractivity contribution in [2.24, 2.45) is 23.7 Å². The molecule has 1 aromatic rings. The maximum atomic E-state index is 14.7. The molecule has 2 aliphatic heterocycles. The number of aliphatic hydroxyl groups excluding tert-OH is 1. The second-order valence-electron chi connectivity index (χ2n) is 22.5. The topological polar surface area (TPSA) is 350 Å². The van der Waals surface area contributed by atoms with E-state index in [9.17, 15) is 78.0 Å². The molecule has 458 valence electrons. The Labute approximate surface area is 480 Å². The minimum absolute atomic E-state index is 0.0736. The first-order valence-corrected chi connectivity index (χ1v) is 28.5. The third kappa shape index (κ3) is 18.9. The quantitative estimate of drug-likeness (QED) is 0.0518. The molecule has 11 atom stereocenters. The fourth-order valence-electron chi connectivity index (χ4n) is 10.3. The Morgan fingerprint density at radius 3 is 1.68 bits per heavy atom. The van der Waals surface area contributed by atoms with Gasteiger partial charge in [-0.1, -0.05) is 98.6 Å². The fourth-order valence-corrected chi connectivity index (χ4v) is 10.3. The van der Waals surface area contributed by atoms with Crippen LogP contribution in [0.2, 0.25) is 0 Å². The second-order valence-corrected chi connectivity index (χ2v) is 22.5. The third-order valence-corrected chi connectivity index (χ3v) is 15.9. The zero-order valence-electron chi connectivity index (χ0n) is 49.4. The first kappa shape index (κ1) is 69.1. The minimum Gasteiger partial charge on any atom is -0.481 e. The van der Waals surface area contributed by atoms with Crippen LogP contribution in [0.3, 0.4) is 0 Å². The van der Waals surface area contributed by atoms with E-state index in [1.54, 1.807) is 78.8 Å². The van der Waals surface area contributed by atoms with Gasteiger partial charge in [-0.15, -0.1) is 0 Å². The molecule has 2 saturated heterocycles. The summed E-state index contributed by atoms with van der Waals surface area (Å²) >= 11 is 0. The van der Waals surface area contributed by atoms with Crippen molar-refractivity contribution in [1.29, 1.82) is 0 Å². The lowest BCUT2D eigenvalue weighted by molar-refractivity contribution is -0.153. The first-order chi connectivity index (χ1) is 38.5. The lowest BCUT2D eigenvalue weighted by atomic mass is 9.93. The summed E-state index contributed by atoms with van der Waals surface area (Å²) < 4.78 is 0. The molecule has 82 heavy (non-hydrogen) atoms. The first-order valence-electron chi connectivity index (χ1n) is 28.5. The molecule has 25 nitrogen and oxygen atoms in total. The number of carbonyl (C=O) groups excluding carboxylic acids is 9. The van der Waals surface area contributed by atoms with Crippen LogP contribution >= 0.6 is 0 Å². The van der Waals surface area contributed by atoms with Gasteiger partial charge in [0.05, 0.1) is 6.54 Å². The number of hydrogen-bond acceptors (Lipinski definition) is 13. The molecule has 0 saturated carbocycles. The Morgan fingerprint density at radius 2 is 1.13 bits per heavy atom. The molecule has 9 amide bonds. The Balaban J connectivity index is 1.83. The summed E-state index contributed by atoms with van der Waals surface area (Å²) in [5.41, 5.74) is 0.728. The van der Waals surface area contributed by atoms with Crippen LogP contribution in [0, 0.1) is 23.7 Å². The van der Waals surface area contributed by atoms with Gasteiger partial charge in [-0.25, -0.2) is 4.79 Å². The van der Waals surface area contributed by atoms with Gasteiger partial charge < -0.3 is 66.2 Å². The Bertz CT molecular complexity index is 2420. The van der Waals surface area contributed by atoms with E-state index >= 15 is 0 Å². The van der Waals surface area contributed by atoms with Gasteiger partial charge in [0.1, 0.15) is 54.4 Å². The monoisotopic (exact) mass is 1160 g/mol. The van der Waals surface area contributed by atoms with E-state index < -0.39 is 181 Å². The minimum atomic E-state index is -1.51.